The molecule has 0 atom stereocenters. The Morgan fingerprint density at radius 1 is 1.00 bits per heavy atom. The van der Waals surface area contributed by atoms with E-state index < -0.39 is 17.4 Å². The minimum absolute atomic E-state index is 0.320. The van der Waals surface area contributed by atoms with Crippen LogP contribution in [0.4, 0.5) is 14.5 Å². The van der Waals surface area contributed by atoms with Crippen molar-refractivity contribution in [1.82, 2.24) is 10.2 Å². The molecule has 0 unspecified atom stereocenters. The summed E-state index contributed by atoms with van der Waals surface area (Å²) in [5.41, 5.74) is 7.74. The number of rotatable bonds is 3. The third-order valence-corrected chi connectivity index (χ3v) is 2.95. The standard InChI is InChI=1S/C15H11F2N3O/c16-11-2-1-3-12(17)15(11)21-10-6-4-9(5-7-10)14-13(18)8-19-20-14/h1-8H,18H2,(H,19,20). The van der Waals surface area contributed by atoms with Gasteiger partial charge in [-0.15, -0.1) is 0 Å². The van der Waals surface area contributed by atoms with Gasteiger partial charge in [0.15, 0.2) is 17.4 Å². The second kappa shape index (κ2) is 5.24. The van der Waals surface area contributed by atoms with Crippen molar-refractivity contribution < 1.29 is 13.5 Å². The molecule has 4 nitrogen and oxygen atoms in total. The van der Waals surface area contributed by atoms with E-state index in [-0.39, 0.29) is 0 Å². The first-order chi connectivity index (χ1) is 10.1. The lowest BCUT2D eigenvalue weighted by atomic mass is 10.1. The van der Waals surface area contributed by atoms with Gasteiger partial charge in [-0.2, -0.15) is 5.10 Å². The molecule has 0 bridgehead atoms. The van der Waals surface area contributed by atoms with E-state index in [1.165, 1.54) is 12.3 Å². The molecule has 0 radical (unpaired) electrons. The zero-order valence-electron chi connectivity index (χ0n) is 10.8. The lowest BCUT2D eigenvalue weighted by Gasteiger charge is -2.08. The number of benzene rings is 2. The van der Waals surface area contributed by atoms with Crippen LogP contribution in [0.15, 0.2) is 48.7 Å². The molecule has 0 spiro atoms. The first-order valence-electron chi connectivity index (χ1n) is 6.16. The van der Waals surface area contributed by atoms with E-state index in [0.717, 1.165) is 17.7 Å². The van der Waals surface area contributed by atoms with Gasteiger partial charge in [0.1, 0.15) is 5.75 Å². The number of hydrogen-bond acceptors (Lipinski definition) is 3. The number of aromatic amines is 1. The third-order valence-electron chi connectivity index (χ3n) is 2.95. The highest BCUT2D eigenvalue weighted by Gasteiger charge is 2.11. The highest BCUT2D eigenvalue weighted by Crippen LogP contribution is 2.30. The van der Waals surface area contributed by atoms with E-state index in [4.69, 9.17) is 10.5 Å². The van der Waals surface area contributed by atoms with Crippen LogP contribution >= 0.6 is 0 Å². The Morgan fingerprint density at radius 2 is 1.67 bits per heavy atom. The number of anilines is 1. The molecule has 0 aliphatic rings. The Balaban J connectivity index is 1.87. The highest BCUT2D eigenvalue weighted by atomic mass is 19.1. The average Bonchev–Trinajstić information content (AvgIpc) is 2.90. The summed E-state index contributed by atoms with van der Waals surface area (Å²) >= 11 is 0. The molecule has 6 heteroatoms. The first-order valence-corrected chi connectivity index (χ1v) is 6.16. The molecule has 3 rings (SSSR count). The van der Waals surface area contributed by atoms with Crippen LogP contribution in [0.3, 0.4) is 0 Å². The van der Waals surface area contributed by atoms with Crippen LogP contribution in [-0.2, 0) is 0 Å². The molecule has 0 amide bonds. The number of ether oxygens (including phenoxy) is 1. The molecule has 0 aliphatic carbocycles. The Hall–Kier alpha value is -2.89. The van der Waals surface area contributed by atoms with Crippen molar-refractivity contribution in [3.05, 3.63) is 60.3 Å². The molecule has 0 saturated heterocycles. The molecular formula is C15H11F2N3O. The number of aromatic nitrogens is 2. The number of H-pyrrole nitrogens is 1. The van der Waals surface area contributed by atoms with Crippen LogP contribution in [0.1, 0.15) is 0 Å². The van der Waals surface area contributed by atoms with Gasteiger partial charge in [0.05, 0.1) is 17.6 Å². The van der Waals surface area contributed by atoms with Crippen LogP contribution < -0.4 is 10.5 Å². The maximum atomic E-state index is 13.5. The number of nitrogen functional groups attached to an aromatic ring is 1. The molecule has 1 aromatic heterocycles. The summed E-state index contributed by atoms with van der Waals surface area (Å²) in [6.45, 7) is 0. The fourth-order valence-electron chi connectivity index (χ4n) is 1.91. The molecular weight excluding hydrogens is 276 g/mol. The second-order valence-corrected chi connectivity index (χ2v) is 4.38. The Labute approximate surface area is 119 Å². The van der Waals surface area contributed by atoms with Crippen molar-refractivity contribution in [3.63, 3.8) is 0 Å². The van der Waals surface area contributed by atoms with Gasteiger partial charge in [0.25, 0.3) is 0 Å². The zero-order chi connectivity index (χ0) is 14.8. The Kier molecular flexibility index (Phi) is 3.27. The molecule has 2 aromatic carbocycles. The second-order valence-electron chi connectivity index (χ2n) is 4.38. The number of hydrogen-bond donors (Lipinski definition) is 2. The molecule has 106 valence electrons. The summed E-state index contributed by atoms with van der Waals surface area (Å²) in [7, 11) is 0. The van der Waals surface area contributed by atoms with Gasteiger partial charge < -0.3 is 10.5 Å². The number of para-hydroxylation sites is 1. The van der Waals surface area contributed by atoms with E-state index in [9.17, 15) is 8.78 Å². The van der Waals surface area contributed by atoms with Crippen molar-refractivity contribution in [1.29, 1.82) is 0 Å². The minimum Gasteiger partial charge on any atom is -0.451 e. The predicted octanol–water partition coefficient (Wildman–Crippen LogP) is 3.73. The fourth-order valence-corrected chi connectivity index (χ4v) is 1.91. The molecule has 3 aromatic rings. The quantitative estimate of drug-likeness (QED) is 0.771. The average molecular weight is 287 g/mol. The summed E-state index contributed by atoms with van der Waals surface area (Å²) < 4.78 is 32.2. The smallest absolute Gasteiger partial charge is 0.198 e. The zero-order valence-corrected chi connectivity index (χ0v) is 10.8. The first kappa shape index (κ1) is 13.1. The van der Waals surface area contributed by atoms with Crippen molar-refractivity contribution >= 4 is 5.69 Å². The number of halogens is 2. The molecule has 0 fully saturated rings. The van der Waals surface area contributed by atoms with E-state index >= 15 is 0 Å². The number of nitrogens with one attached hydrogen (secondary N) is 1. The van der Waals surface area contributed by atoms with E-state index in [0.29, 0.717) is 17.1 Å². The maximum Gasteiger partial charge on any atom is 0.198 e. The summed E-state index contributed by atoms with van der Waals surface area (Å²) in [4.78, 5) is 0. The molecule has 0 aliphatic heterocycles. The van der Waals surface area contributed by atoms with Crippen LogP contribution in [0.5, 0.6) is 11.5 Å². The van der Waals surface area contributed by atoms with Crippen LogP contribution in [0.25, 0.3) is 11.3 Å². The van der Waals surface area contributed by atoms with Crippen LogP contribution in [-0.4, -0.2) is 10.2 Å². The normalized spacial score (nSPS) is 10.6. The van der Waals surface area contributed by atoms with Crippen molar-refractivity contribution in [2.75, 3.05) is 5.73 Å². The van der Waals surface area contributed by atoms with E-state index in [1.54, 1.807) is 24.3 Å². The number of nitrogens with zero attached hydrogens (tertiary/aromatic N) is 1. The topological polar surface area (TPSA) is 63.9 Å². The van der Waals surface area contributed by atoms with Gasteiger partial charge in [-0.1, -0.05) is 6.07 Å². The van der Waals surface area contributed by atoms with Gasteiger partial charge in [-0.3, -0.25) is 5.10 Å². The number of nitrogens with two attached hydrogens (primary N) is 1. The Bertz CT molecular complexity index is 749. The monoisotopic (exact) mass is 287 g/mol. The lowest BCUT2D eigenvalue weighted by molar-refractivity contribution is 0.407. The third kappa shape index (κ3) is 2.55. The van der Waals surface area contributed by atoms with Gasteiger partial charge >= 0.3 is 0 Å². The summed E-state index contributed by atoms with van der Waals surface area (Å²) in [6, 6.07) is 10.2. The SMILES string of the molecule is Nc1cn[nH]c1-c1ccc(Oc2c(F)cccc2F)cc1. The minimum atomic E-state index is -0.753. The highest BCUT2D eigenvalue weighted by molar-refractivity contribution is 5.72. The van der Waals surface area contributed by atoms with Gasteiger partial charge in [0, 0.05) is 5.56 Å². The van der Waals surface area contributed by atoms with Crippen molar-refractivity contribution in [3.8, 4) is 22.8 Å². The van der Waals surface area contributed by atoms with Crippen LogP contribution in [0, 0.1) is 11.6 Å². The molecule has 0 saturated carbocycles. The molecule has 3 N–H and O–H groups in total. The fraction of sp³-hybridized carbons (Fsp3) is 0. The van der Waals surface area contributed by atoms with E-state index in [1.807, 2.05) is 0 Å². The predicted molar refractivity (Wildman–Crippen MR) is 74.9 cm³/mol. The lowest BCUT2D eigenvalue weighted by Crippen LogP contribution is -1.92. The van der Waals surface area contributed by atoms with Gasteiger partial charge in [-0.25, -0.2) is 8.78 Å². The largest absolute Gasteiger partial charge is 0.451 e. The maximum absolute atomic E-state index is 13.5. The summed E-state index contributed by atoms with van der Waals surface area (Å²) in [5, 5.41) is 6.60. The molecule has 1 heterocycles. The van der Waals surface area contributed by atoms with Crippen LogP contribution in [0.2, 0.25) is 0 Å². The summed E-state index contributed by atoms with van der Waals surface area (Å²) in [6.07, 6.45) is 1.51. The van der Waals surface area contributed by atoms with Gasteiger partial charge in [-0.05, 0) is 36.4 Å². The van der Waals surface area contributed by atoms with Crippen molar-refractivity contribution in [2.45, 2.75) is 0 Å². The van der Waals surface area contributed by atoms with E-state index in [2.05, 4.69) is 10.2 Å². The molecule has 21 heavy (non-hydrogen) atoms. The summed E-state index contributed by atoms with van der Waals surface area (Å²) in [5.74, 6) is -1.61. The van der Waals surface area contributed by atoms with Crippen molar-refractivity contribution in [2.24, 2.45) is 0 Å². The van der Waals surface area contributed by atoms with Gasteiger partial charge in [0.2, 0.25) is 0 Å². The Morgan fingerprint density at radius 3 is 2.24 bits per heavy atom.